The number of nitrogens with zero attached hydrogens (tertiary/aromatic N) is 2. The van der Waals surface area contributed by atoms with Crippen LogP contribution in [-0.2, 0) is 0 Å². The van der Waals surface area contributed by atoms with Crippen molar-refractivity contribution >= 4 is 45.3 Å². The first kappa shape index (κ1) is 14.6. The van der Waals surface area contributed by atoms with Gasteiger partial charge >= 0.3 is 0 Å². The lowest BCUT2D eigenvalue weighted by Crippen LogP contribution is -2.12. The van der Waals surface area contributed by atoms with Crippen molar-refractivity contribution in [2.24, 2.45) is 0 Å². The van der Waals surface area contributed by atoms with Gasteiger partial charge in [0.15, 0.2) is 0 Å². The summed E-state index contributed by atoms with van der Waals surface area (Å²) >= 11 is 6.06. The summed E-state index contributed by atoms with van der Waals surface area (Å²) in [5.74, 6) is -0.256. The molecule has 4 rings (SSSR count). The Labute approximate surface area is 143 Å². The molecule has 0 unspecified atom stereocenters. The van der Waals surface area contributed by atoms with Crippen LogP contribution in [0.4, 0.5) is 5.69 Å². The van der Waals surface area contributed by atoms with Gasteiger partial charge in [-0.3, -0.25) is 4.79 Å². The maximum absolute atomic E-state index is 12.4. The van der Waals surface area contributed by atoms with E-state index in [4.69, 9.17) is 11.6 Å². The van der Waals surface area contributed by atoms with Gasteiger partial charge in [0.25, 0.3) is 5.91 Å². The molecular formula is C19H12ClN3O. The van der Waals surface area contributed by atoms with E-state index >= 15 is 0 Å². The Morgan fingerprint density at radius 2 is 1.42 bits per heavy atom. The van der Waals surface area contributed by atoms with Crippen LogP contribution in [0.5, 0.6) is 0 Å². The van der Waals surface area contributed by atoms with Crippen molar-refractivity contribution in [3.05, 3.63) is 77.3 Å². The smallest absolute Gasteiger partial charge is 0.257 e. The second-order valence-electron chi connectivity index (χ2n) is 5.35. The van der Waals surface area contributed by atoms with Gasteiger partial charge in [-0.05, 0) is 42.5 Å². The molecule has 4 aromatic rings. The molecule has 1 amide bonds. The first-order valence-corrected chi connectivity index (χ1v) is 7.81. The number of hydrogen-bond donors (Lipinski definition) is 1. The summed E-state index contributed by atoms with van der Waals surface area (Å²) in [4.78, 5) is 21.5. The summed E-state index contributed by atoms with van der Waals surface area (Å²) in [7, 11) is 0. The van der Waals surface area contributed by atoms with Crippen molar-refractivity contribution in [2.45, 2.75) is 0 Å². The molecule has 1 N–H and O–H groups in total. The first-order valence-electron chi connectivity index (χ1n) is 7.43. The molecule has 0 fully saturated rings. The van der Waals surface area contributed by atoms with Crippen LogP contribution in [0.25, 0.3) is 22.1 Å². The van der Waals surface area contributed by atoms with Gasteiger partial charge in [-0.2, -0.15) is 0 Å². The standard InChI is InChI=1S/C19H12ClN3O/c20-14-6-2-1-5-13(14)19(24)21-12-9-10-17-18(11-12)23-16-8-4-3-7-15(16)22-17/h1-11H,(H,21,24). The predicted octanol–water partition coefficient (Wildman–Crippen LogP) is 4.69. The van der Waals surface area contributed by atoms with E-state index in [0.717, 1.165) is 22.1 Å². The molecule has 1 heterocycles. The van der Waals surface area contributed by atoms with Crippen molar-refractivity contribution in [1.29, 1.82) is 0 Å². The number of halogens is 1. The average Bonchev–Trinajstić information content (AvgIpc) is 2.60. The lowest BCUT2D eigenvalue weighted by atomic mass is 10.2. The third-order valence-electron chi connectivity index (χ3n) is 3.72. The van der Waals surface area contributed by atoms with Crippen LogP contribution in [0, 0.1) is 0 Å². The zero-order valence-corrected chi connectivity index (χ0v) is 13.3. The number of nitrogens with one attached hydrogen (secondary N) is 1. The molecule has 0 bridgehead atoms. The number of aromatic nitrogens is 2. The van der Waals surface area contributed by atoms with Crippen LogP contribution in [0.1, 0.15) is 10.4 Å². The molecule has 24 heavy (non-hydrogen) atoms. The van der Waals surface area contributed by atoms with Gasteiger partial charge in [0.1, 0.15) is 0 Å². The molecular weight excluding hydrogens is 322 g/mol. The lowest BCUT2D eigenvalue weighted by Gasteiger charge is -2.08. The van der Waals surface area contributed by atoms with Crippen LogP contribution in [-0.4, -0.2) is 15.9 Å². The molecule has 0 spiro atoms. The second-order valence-corrected chi connectivity index (χ2v) is 5.76. The molecule has 0 saturated carbocycles. The minimum absolute atomic E-state index is 0.256. The predicted molar refractivity (Wildman–Crippen MR) is 96.4 cm³/mol. The van der Waals surface area contributed by atoms with Crippen molar-refractivity contribution < 1.29 is 4.79 Å². The molecule has 1 aromatic heterocycles. The van der Waals surface area contributed by atoms with Crippen molar-refractivity contribution in [3.8, 4) is 0 Å². The molecule has 0 aliphatic rings. The van der Waals surface area contributed by atoms with Crippen molar-refractivity contribution in [1.82, 2.24) is 9.97 Å². The van der Waals surface area contributed by atoms with Crippen LogP contribution in [0.3, 0.4) is 0 Å². The fraction of sp³-hybridized carbons (Fsp3) is 0. The maximum atomic E-state index is 12.4. The number of para-hydroxylation sites is 2. The van der Waals surface area contributed by atoms with Gasteiger partial charge in [0.05, 0.1) is 32.7 Å². The van der Waals surface area contributed by atoms with Gasteiger partial charge in [-0.1, -0.05) is 35.9 Å². The summed E-state index contributed by atoms with van der Waals surface area (Å²) in [6, 6.07) is 20.1. The number of rotatable bonds is 2. The Morgan fingerprint density at radius 3 is 2.17 bits per heavy atom. The third kappa shape index (κ3) is 2.68. The topological polar surface area (TPSA) is 54.9 Å². The highest BCUT2D eigenvalue weighted by Crippen LogP contribution is 2.21. The highest BCUT2D eigenvalue weighted by Gasteiger charge is 2.10. The lowest BCUT2D eigenvalue weighted by molar-refractivity contribution is 0.102. The Hall–Kier alpha value is -2.98. The second kappa shape index (κ2) is 5.91. The fourth-order valence-corrected chi connectivity index (χ4v) is 2.76. The van der Waals surface area contributed by atoms with Crippen molar-refractivity contribution in [3.63, 3.8) is 0 Å². The zero-order valence-electron chi connectivity index (χ0n) is 12.5. The molecule has 3 aromatic carbocycles. The summed E-state index contributed by atoms with van der Waals surface area (Å²) < 4.78 is 0. The summed E-state index contributed by atoms with van der Waals surface area (Å²) in [5, 5.41) is 3.27. The van der Waals surface area contributed by atoms with Crippen LogP contribution >= 0.6 is 11.6 Å². The Balaban J connectivity index is 1.71. The number of amides is 1. The quantitative estimate of drug-likeness (QED) is 0.541. The van der Waals surface area contributed by atoms with Crippen LogP contribution in [0.2, 0.25) is 5.02 Å². The van der Waals surface area contributed by atoms with E-state index < -0.39 is 0 Å². The van der Waals surface area contributed by atoms with E-state index in [1.807, 2.05) is 36.4 Å². The van der Waals surface area contributed by atoms with Gasteiger partial charge in [-0.15, -0.1) is 0 Å². The SMILES string of the molecule is O=C(Nc1ccc2nc3ccccc3nc2c1)c1ccccc1Cl. The maximum Gasteiger partial charge on any atom is 0.257 e. The first-order chi connectivity index (χ1) is 11.7. The zero-order chi connectivity index (χ0) is 16.5. The van der Waals surface area contributed by atoms with E-state index in [2.05, 4.69) is 15.3 Å². The van der Waals surface area contributed by atoms with Gasteiger partial charge < -0.3 is 5.32 Å². The minimum Gasteiger partial charge on any atom is -0.322 e. The number of hydrogen-bond acceptors (Lipinski definition) is 3. The molecule has 5 heteroatoms. The summed E-state index contributed by atoms with van der Waals surface area (Å²) in [5.41, 5.74) is 4.26. The fourth-order valence-electron chi connectivity index (χ4n) is 2.54. The van der Waals surface area contributed by atoms with Gasteiger partial charge in [0, 0.05) is 5.69 Å². The largest absolute Gasteiger partial charge is 0.322 e. The number of benzene rings is 3. The van der Waals surface area contributed by atoms with Gasteiger partial charge in [0.2, 0.25) is 0 Å². The van der Waals surface area contributed by atoms with E-state index in [1.54, 1.807) is 30.3 Å². The van der Waals surface area contributed by atoms with Crippen molar-refractivity contribution in [2.75, 3.05) is 5.32 Å². The average molecular weight is 334 g/mol. The monoisotopic (exact) mass is 333 g/mol. The summed E-state index contributed by atoms with van der Waals surface area (Å²) in [6.07, 6.45) is 0. The summed E-state index contributed by atoms with van der Waals surface area (Å²) in [6.45, 7) is 0. The molecule has 0 atom stereocenters. The Bertz CT molecular complexity index is 1080. The van der Waals surface area contributed by atoms with Crippen LogP contribution in [0.15, 0.2) is 66.7 Å². The molecule has 0 radical (unpaired) electrons. The highest BCUT2D eigenvalue weighted by molar-refractivity contribution is 6.34. The normalized spacial score (nSPS) is 10.9. The van der Waals surface area contributed by atoms with E-state index in [1.165, 1.54) is 0 Å². The molecule has 4 nitrogen and oxygen atoms in total. The van der Waals surface area contributed by atoms with E-state index in [0.29, 0.717) is 16.3 Å². The molecule has 0 aliphatic carbocycles. The number of anilines is 1. The van der Waals surface area contributed by atoms with Gasteiger partial charge in [-0.25, -0.2) is 9.97 Å². The number of carbonyl (C=O) groups is 1. The molecule has 0 aliphatic heterocycles. The van der Waals surface area contributed by atoms with Crippen LogP contribution < -0.4 is 5.32 Å². The Morgan fingerprint density at radius 1 is 0.792 bits per heavy atom. The highest BCUT2D eigenvalue weighted by atomic mass is 35.5. The van der Waals surface area contributed by atoms with E-state index in [9.17, 15) is 4.79 Å². The minimum atomic E-state index is -0.256. The third-order valence-corrected chi connectivity index (χ3v) is 4.04. The Kier molecular flexibility index (Phi) is 3.59. The number of carbonyl (C=O) groups excluding carboxylic acids is 1. The number of fused-ring (bicyclic) bond motifs is 2. The molecule has 0 saturated heterocycles. The molecule has 116 valence electrons. The van der Waals surface area contributed by atoms with E-state index in [-0.39, 0.29) is 5.91 Å².